The third-order valence-corrected chi connectivity index (χ3v) is 4.40. The molecule has 0 aliphatic carbocycles. The number of hydrogen-bond donors (Lipinski definition) is 1. The molecule has 1 N–H and O–H groups in total. The average molecular weight is 362 g/mol. The Morgan fingerprint density at radius 3 is 3.04 bits per heavy atom. The fraction of sp³-hybridized carbons (Fsp3) is 0.235. The van der Waals surface area contributed by atoms with Crippen LogP contribution in [-0.4, -0.2) is 41.7 Å². The molecule has 0 bridgehead atoms. The Morgan fingerprint density at radius 1 is 1.33 bits per heavy atom. The number of aromatic nitrogens is 1. The highest BCUT2D eigenvalue weighted by molar-refractivity contribution is 6.43. The Hall–Kier alpha value is -2.11. The summed E-state index contributed by atoms with van der Waals surface area (Å²) in [6, 6.07) is 9.39. The molecule has 24 heavy (non-hydrogen) atoms. The van der Waals surface area contributed by atoms with Crippen LogP contribution in [0.4, 0.5) is 11.5 Å². The monoisotopic (exact) mass is 361 g/mol. The molecule has 1 aromatic carbocycles. The van der Waals surface area contributed by atoms with Gasteiger partial charge in [0.2, 0.25) is 0 Å². The van der Waals surface area contributed by atoms with Crippen LogP contribution in [0.25, 0.3) is 0 Å². The van der Waals surface area contributed by atoms with Crippen molar-refractivity contribution in [2.24, 2.45) is 9.98 Å². The van der Waals surface area contributed by atoms with Gasteiger partial charge in [0.25, 0.3) is 0 Å². The maximum Gasteiger partial charge on any atom is 0.153 e. The van der Waals surface area contributed by atoms with Crippen LogP contribution < -0.4 is 5.32 Å². The first kappa shape index (κ1) is 16.7. The molecule has 0 fully saturated rings. The van der Waals surface area contributed by atoms with Gasteiger partial charge in [-0.25, -0.2) is 9.98 Å². The molecule has 2 aromatic rings. The van der Waals surface area contributed by atoms with Gasteiger partial charge in [-0.3, -0.25) is 4.99 Å². The van der Waals surface area contributed by atoms with Gasteiger partial charge in [0.05, 0.1) is 35.2 Å². The molecular formula is C17H17Cl2N5. The lowest BCUT2D eigenvalue weighted by Crippen LogP contribution is -2.31. The summed E-state index contributed by atoms with van der Waals surface area (Å²) in [7, 11) is 0. The van der Waals surface area contributed by atoms with Gasteiger partial charge in [-0.2, -0.15) is 0 Å². The van der Waals surface area contributed by atoms with Gasteiger partial charge in [-0.15, -0.1) is 0 Å². The highest BCUT2D eigenvalue weighted by Gasteiger charge is 2.15. The normalized spacial score (nSPS) is 14.3. The van der Waals surface area contributed by atoms with E-state index in [1.807, 2.05) is 36.1 Å². The third-order valence-electron chi connectivity index (χ3n) is 3.59. The number of aliphatic imine (C=N–C) groups is 2. The van der Waals surface area contributed by atoms with Crippen LogP contribution >= 0.6 is 23.2 Å². The number of halogens is 2. The van der Waals surface area contributed by atoms with E-state index in [0.29, 0.717) is 22.4 Å². The molecule has 5 nitrogen and oxygen atoms in total. The van der Waals surface area contributed by atoms with Gasteiger partial charge in [0.15, 0.2) is 5.82 Å². The molecule has 1 aliphatic heterocycles. The topological polar surface area (TPSA) is 52.9 Å². The minimum Gasteiger partial charge on any atom is -0.377 e. The average Bonchev–Trinajstić information content (AvgIpc) is 3.02. The summed E-state index contributed by atoms with van der Waals surface area (Å²) in [5.74, 6) is 1.59. The number of rotatable bonds is 5. The molecule has 0 saturated carbocycles. The Labute approximate surface area is 151 Å². The predicted octanol–water partition coefficient (Wildman–Crippen LogP) is 4.18. The lowest BCUT2D eigenvalue weighted by molar-refractivity contribution is 0.677. The zero-order valence-corrected chi connectivity index (χ0v) is 14.7. The number of nitrogens with zero attached hydrogens (tertiary/aromatic N) is 4. The van der Waals surface area contributed by atoms with Crippen molar-refractivity contribution in [2.75, 3.05) is 25.0 Å². The number of nitrogens with one attached hydrogen (secondary N) is 1. The highest BCUT2D eigenvalue weighted by atomic mass is 35.5. The molecule has 7 heteroatoms. The molecule has 0 spiro atoms. The van der Waals surface area contributed by atoms with Crippen molar-refractivity contribution < 1.29 is 0 Å². The minimum absolute atomic E-state index is 0.516. The van der Waals surface area contributed by atoms with Crippen molar-refractivity contribution in [1.82, 2.24) is 9.88 Å². The molecule has 124 valence electrons. The smallest absolute Gasteiger partial charge is 0.153 e. The van der Waals surface area contributed by atoms with Crippen LogP contribution in [0.5, 0.6) is 0 Å². The predicted molar refractivity (Wildman–Crippen MR) is 101 cm³/mol. The van der Waals surface area contributed by atoms with Crippen LogP contribution in [-0.2, 0) is 0 Å². The van der Waals surface area contributed by atoms with Crippen molar-refractivity contribution >= 4 is 46.9 Å². The summed E-state index contributed by atoms with van der Waals surface area (Å²) in [6.07, 6.45) is 3.53. The van der Waals surface area contributed by atoms with Gasteiger partial charge in [-0.05, 0) is 36.8 Å². The lowest BCUT2D eigenvalue weighted by Gasteiger charge is -2.16. The molecule has 0 saturated heterocycles. The summed E-state index contributed by atoms with van der Waals surface area (Å²) in [6.45, 7) is 4.11. The van der Waals surface area contributed by atoms with Crippen molar-refractivity contribution in [3.63, 3.8) is 0 Å². The number of pyridine rings is 1. The SMILES string of the molecule is Cc1ccnc(N=CN2CCN=C2CNc2cccc(Cl)c2Cl)c1. The second-order valence-electron chi connectivity index (χ2n) is 5.38. The largest absolute Gasteiger partial charge is 0.377 e. The molecule has 0 unspecified atom stereocenters. The number of aryl methyl sites for hydroxylation is 1. The Morgan fingerprint density at radius 2 is 2.21 bits per heavy atom. The molecular weight excluding hydrogens is 345 g/mol. The van der Waals surface area contributed by atoms with Gasteiger partial charge in [0.1, 0.15) is 5.84 Å². The molecule has 2 heterocycles. The minimum atomic E-state index is 0.516. The Kier molecular flexibility index (Phi) is 5.33. The van der Waals surface area contributed by atoms with Crippen LogP contribution in [0.3, 0.4) is 0 Å². The summed E-state index contributed by atoms with van der Waals surface area (Å²) in [5.41, 5.74) is 1.92. The first-order valence-corrected chi connectivity index (χ1v) is 8.34. The number of anilines is 1. The van der Waals surface area contributed by atoms with Gasteiger partial charge < -0.3 is 10.2 Å². The fourth-order valence-corrected chi connectivity index (χ4v) is 2.69. The van der Waals surface area contributed by atoms with Crippen LogP contribution in [0.15, 0.2) is 46.5 Å². The quantitative estimate of drug-likeness (QED) is 0.641. The van der Waals surface area contributed by atoms with E-state index in [4.69, 9.17) is 23.2 Å². The maximum atomic E-state index is 6.19. The lowest BCUT2D eigenvalue weighted by atomic mass is 10.3. The molecule has 0 amide bonds. The standard InChI is InChI=1S/C17H17Cl2N5/c1-12-5-6-20-15(9-12)23-11-24-8-7-21-16(24)10-22-14-4-2-3-13(18)17(14)19/h2-6,9,11,22H,7-8,10H2,1H3. The van der Waals surface area contributed by atoms with Crippen molar-refractivity contribution in [2.45, 2.75) is 6.92 Å². The third kappa shape index (κ3) is 4.04. The summed E-state index contributed by atoms with van der Waals surface area (Å²) in [4.78, 5) is 15.2. The fourth-order valence-electron chi connectivity index (χ4n) is 2.32. The number of benzene rings is 1. The molecule has 1 aliphatic rings. The van der Waals surface area contributed by atoms with Crippen LogP contribution in [0.2, 0.25) is 10.0 Å². The van der Waals surface area contributed by atoms with E-state index < -0.39 is 0 Å². The van der Waals surface area contributed by atoms with Gasteiger partial charge >= 0.3 is 0 Å². The molecule has 0 atom stereocenters. The van der Waals surface area contributed by atoms with E-state index in [9.17, 15) is 0 Å². The molecule has 1 aromatic heterocycles. The summed E-state index contributed by atoms with van der Waals surface area (Å²) in [5, 5.41) is 4.31. The van der Waals surface area contributed by atoms with E-state index in [0.717, 1.165) is 30.2 Å². The first-order chi connectivity index (χ1) is 11.6. The van der Waals surface area contributed by atoms with E-state index >= 15 is 0 Å². The zero-order chi connectivity index (χ0) is 16.9. The number of hydrogen-bond acceptors (Lipinski definition) is 4. The Balaban J connectivity index is 1.64. The van der Waals surface area contributed by atoms with Crippen molar-refractivity contribution in [1.29, 1.82) is 0 Å². The second kappa shape index (κ2) is 7.64. The number of amidine groups is 1. The first-order valence-electron chi connectivity index (χ1n) is 7.58. The van der Waals surface area contributed by atoms with Crippen molar-refractivity contribution in [3.05, 3.63) is 52.1 Å². The molecule has 0 radical (unpaired) electrons. The van der Waals surface area contributed by atoms with Gasteiger partial charge in [-0.1, -0.05) is 29.3 Å². The highest BCUT2D eigenvalue weighted by Crippen LogP contribution is 2.29. The zero-order valence-electron chi connectivity index (χ0n) is 13.2. The van der Waals surface area contributed by atoms with E-state index in [-0.39, 0.29) is 0 Å². The van der Waals surface area contributed by atoms with Crippen LogP contribution in [0, 0.1) is 6.92 Å². The molecule has 3 rings (SSSR count). The van der Waals surface area contributed by atoms with Crippen LogP contribution in [0.1, 0.15) is 5.56 Å². The van der Waals surface area contributed by atoms with Gasteiger partial charge in [0, 0.05) is 12.7 Å². The second-order valence-corrected chi connectivity index (χ2v) is 6.17. The summed E-state index contributed by atoms with van der Waals surface area (Å²) < 4.78 is 0. The summed E-state index contributed by atoms with van der Waals surface area (Å²) >= 11 is 12.2. The van der Waals surface area contributed by atoms with Crippen molar-refractivity contribution in [3.8, 4) is 0 Å². The maximum absolute atomic E-state index is 6.19. The van der Waals surface area contributed by atoms with E-state index in [1.165, 1.54) is 0 Å². The Bertz CT molecular complexity index is 788. The van der Waals surface area contributed by atoms with E-state index in [1.54, 1.807) is 18.6 Å². The van der Waals surface area contributed by atoms with E-state index in [2.05, 4.69) is 20.3 Å².